The summed E-state index contributed by atoms with van der Waals surface area (Å²) in [4.78, 5) is 12.0. The zero-order chi connectivity index (χ0) is 15.9. The molecule has 22 heavy (non-hydrogen) atoms. The fraction of sp³-hybridized carbons (Fsp3) is 0.316. The molecule has 2 aromatic carbocycles. The number of aryl methyl sites for hydroxylation is 2. The summed E-state index contributed by atoms with van der Waals surface area (Å²) in [5.74, 6) is 0.368. The van der Waals surface area contributed by atoms with Crippen molar-refractivity contribution in [3.8, 4) is 5.75 Å². The molecule has 0 spiro atoms. The van der Waals surface area contributed by atoms with Gasteiger partial charge in [0, 0.05) is 12.1 Å². The van der Waals surface area contributed by atoms with Crippen LogP contribution in [0.25, 0.3) is 0 Å². The number of hydrogen-bond acceptors (Lipinski definition) is 2. The Bertz CT molecular complexity index is 610. The monoisotopic (exact) mass is 297 g/mol. The zero-order valence-corrected chi connectivity index (χ0v) is 13.2. The molecule has 0 saturated carbocycles. The van der Waals surface area contributed by atoms with Gasteiger partial charge in [-0.2, -0.15) is 0 Å². The van der Waals surface area contributed by atoms with E-state index in [-0.39, 0.29) is 5.91 Å². The number of nitrogens with one attached hydrogen (secondary N) is 1. The van der Waals surface area contributed by atoms with E-state index in [4.69, 9.17) is 0 Å². The average molecular weight is 297 g/mol. The van der Waals surface area contributed by atoms with Crippen molar-refractivity contribution in [3.63, 3.8) is 0 Å². The Morgan fingerprint density at radius 2 is 1.64 bits per heavy atom. The van der Waals surface area contributed by atoms with Gasteiger partial charge in [-0.1, -0.05) is 44.2 Å². The van der Waals surface area contributed by atoms with Gasteiger partial charge in [0.25, 0.3) is 5.91 Å². The maximum Gasteiger partial charge on any atom is 0.251 e. The standard InChI is InChI=1S/C19H23NO2/c1-3-15-12-14(13-16(4-2)18(15)21)10-11-20-19(22)17-8-6-5-7-9-17/h5-9,12-13,21H,3-4,10-11H2,1-2H3,(H,20,22). The summed E-state index contributed by atoms with van der Waals surface area (Å²) in [6, 6.07) is 13.3. The van der Waals surface area contributed by atoms with E-state index in [0.29, 0.717) is 17.9 Å². The SMILES string of the molecule is CCc1cc(CCNC(=O)c2ccccc2)cc(CC)c1O. The topological polar surface area (TPSA) is 49.3 Å². The Morgan fingerprint density at radius 1 is 1.05 bits per heavy atom. The molecule has 2 aromatic rings. The van der Waals surface area contributed by atoms with Crippen LogP contribution in [0.2, 0.25) is 0 Å². The molecular weight excluding hydrogens is 274 g/mol. The van der Waals surface area contributed by atoms with Crippen molar-refractivity contribution in [1.82, 2.24) is 5.32 Å². The van der Waals surface area contributed by atoms with Gasteiger partial charge in [-0.3, -0.25) is 4.79 Å². The minimum atomic E-state index is -0.0502. The summed E-state index contributed by atoms with van der Waals surface area (Å²) in [6.07, 6.45) is 2.38. The zero-order valence-electron chi connectivity index (χ0n) is 13.2. The molecular formula is C19H23NO2. The van der Waals surface area contributed by atoms with E-state index >= 15 is 0 Å². The van der Waals surface area contributed by atoms with Crippen LogP contribution in [0.3, 0.4) is 0 Å². The lowest BCUT2D eigenvalue weighted by atomic mass is 9.99. The molecule has 0 bridgehead atoms. The van der Waals surface area contributed by atoms with Gasteiger partial charge in [-0.15, -0.1) is 0 Å². The van der Waals surface area contributed by atoms with Gasteiger partial charge in [0.2, 0.25) is 0 Å². The number of rotatable bonds is 6. The summed E-state index contributed by atoms with van der Waals surface area (Å²) >= 11 is 0. The second kappa shape index (κ2) is 7.64. The van der Waals surface area contributed by atoms with Crippen molar-refractivity contribution in [2.75, 3.05) is 6.54 Å². The van der Waals surface area contributed by atoms with Crippen LogP contribution < -0.4 is 5.32 Å². The summed E-state index contributed by atoms with van der Waals surface area (Å²) in [5, 5.41) is 13.0. The average Bonchev–Trinajstić information content (AvgIpc) is 2.56. The Balaban J connectivity index is 1.98. The molecule has 0 unspecified atom stereocenters. The maximum absolute atomic E-state index is 12.0. The van der Waals surface area contributed by atoms with Crippen molar-refractivity contribution < 1.29 is 9.90 Å². The van der Waals surface area contributed by atoms with Gasteiger partial charge in [0.05, 0.1) is 0 Å². The Kier molecular flexibility index (Phi) is 5.59. The van der Waals surface area contributed by atoms with Crippen LogP contribution in [0.1, 0.15) is 40.9 Å². The van der Waals surface area contributed by atoms with Crippen LogP contribution in [-0.2, 0) is 19.3 Å². The second-order valence-electron chi connectivity index (χ2n) is 5.34. The van der Waals surface area contributed by atoms with Crippen LogP contribution in [0.5, 0.6) is 5.75 Å². The lowest BCUT2D eigenvalue weighted by Gasteiger charge is -2.11. The van der Waals surface area contributed by atoms with Crippen LogP contribution in [0, 0.1) is 0 Å². The molecule has 3 nitrogen and oxygen atoms in total. The maximum atomic E-state index is 12.0. The van der Waals surface area contributed by atoms with Crippen molar-refractivity contribution in [3.05, 3.63) is 64.7 Å². The van der Waals surface area contributed by atoms with Gasteiger partial charge < -0.3 is 10.4 Å². The van der Waals surface area contributed by atoms with E-state index in [1.54, 1.807) is 12.1 Å². The summed E-state index contributed by atoms with van der Waals surface area (Å²) in [7, 11) is 0. The lowest BCUT2D eigenvalue weighted by molar-refractivity contribution is 0.0954. The van der Waals surface area contributed by atoms with E-state index in [1.807, 2.05) is 44.2 Å². The smallest absolute Gasteiger partial charge is 0.251 e. The van der Waals surface area contributed by atoms with Gasteiger partial charge in [0.1, 0.15) is 5.75 Å². The molecule has 0 fully saturated rings. The first kappa shape index (κ1) is 16.1. The molecule has 3 heteroatoms. The van der Waals surface area contributed by atoms with Crippen molar-refractivity contribution >= 4 is 5.91 Å². The highest BCUT2D eigenvalue weighted by Gasteiger charge is 2.08. The predicted octanol–water partition coefficient (Wildman–Crippen LogP) is 3.49. The summed E-state index contributed by atoms with van der Waals surface area (Å²) in [5.41, 5.74) is 3.78. The molecule has 116 valence electrons. The van der Waals surface area contributed by atoms with E-state index in [0.717, 1.165) is 36.0 Å². The predicted molar refractivity (Wildman–Crippen MR) is 89.3 cm³/mol. The van der Waals surface area contributed by atoms with E-state index < -0.39 is 0 Å². The number of carbonyl (C=O) groups excluding carboxylic acids is 1. The largest absolute Gasteiger partial charge is 0.507 e. The quantitative estimate of drug-likeness (QED) is 0.857. The van der Waals surface area contributed by atoms with E-state index in [2.05, 4.69) is 5.32 Å². The number of phenolic OH excluding ortho intramolecular Hbond substituents is 1. The first-order valence-electron chi connectivity index (χ1n) is 7.82. The van der Waals surface area contributed by atoms with Gasteiger partial charge in [-0.25, -0.2) is 0 Å². The molecule has 0 radical (unpaired) electrons. The van der Waals surface area contributed by atoms with Crippen molar-refractivity contribution in [2.45, 2.75) is 33.1 Å². The number of amides is 1. The highest BCUT2D eigenvalue weighted by molar-refractivity contribution is 5.94. The molecule has 1 amide bonds. The van der Waals surface area contributed by atoms with E-state index in [9.17, 15) is 9.90 Å². The van der Waals surface area contributed by atoms with Gasteiger partial charge in [-0.05, 0) is 48.1 Å². The Labute approximate surface area is 132 Å². The lowest BCUT2D eigenvalue weighted by Crippen LogP contribution is -2.25. The summed E-state index contributed by atoms with van der Waals surface area (Å²) < 4.78 is 0. The molecule has 0 aliphatic carbocycles. The first-order valence-corrected chi connectivity index (χ1v) is 7.82. The number of phenols is 1. The fourth-order valence-electron chi connectivity index (χ4n) is 2.53. The molecule has 0 aromatic heterocycles. The van der Waals surface area contributed by atoms with Crippen LogP contribution >= 0.6 is 0 Å². The molecule has 0 saturated heterocycles. The fourth-order valence-corrected chi connectivity index (χ4v) is 2.53. The number of aromatic hydroxyl groups is 1. The molecule has 0 atom stereocenters. The Hall–Kier alpha value is -2.29. The third-order valence-electron chi connectivity index (χ3n) is 3.82. The normalized spacial score (nSPS) is 10.5. The minimum Gasteiger partial charge on any atom is -0.507 e. The third-order valence-corrected chi connectivity index (χ3v) is 3.82. The van der Waals surface area contributed by atoms with Crippen molar-refractivity contribution in [1.29, 1.82) is 0 Å². The van der Waals surface area contributed by atoms with Crippen LogP contribution in [-0.4, -0.2) is 17.6 Å². The minimum absolute atomic E-state index is 0.0502. The second-order valence-corrected chi connectivity index (χ2v) is 5.34. The third kappa shape index (κ3) is 3.88. The molecule has 0 aliphatic heterocycles. The molecule has 2 N–H and O–H groups in total. The highest BCUT2D eigenvalue weighted by atomic mass is 16.3. The number of benzene rings is 2. The van der Waals surface area contributed by atoms with Crippen LogP contribution in [0.4, 0.5) is 0 Å². The van der Waals surface area contributed by atoms with Crippen molar-refractivity contribution in [2.24, 2.45) is 0 Å². The van der Waals surface area contributed by atoms with Crippen LogP contribution in [0.15, 0.2) is 42.5 Å². The number of hydrogen-bond donors (Lipinski definition) is 2. The molecule has 0 heterocycles. The number of carbonyl (C=O) groups is 1. The molecule has 2 rings (SSSR count). The van der Waals surface area contributed by atoms with Gasteiger partial charge >= 0.3 is 0 Å². The van der Waals surface area contributed by atoms with E-state index in [1.165, 1.54) is 0 Å². The van der Waals surface area contributed by atoms with Gasteiger partial charge in [0.15, 0.2) is 0 Å². The highest BCUT2D eigenvalue weighted by Crippen LogP contribution is 2.25. The molecule has 0 aliphatic rings. The summed E-state index contributed by atoms with van der Waals surface area (Å²) in [6.45, 7) is 4.66. The first-order chi connectivity index (χ1) is 10.7. The Morgan fingerprint density at radius 3 is 2.18 bits per heavy atom.